The lowest BCUT2D eigenvalue weighted by Crippen LogP contribution is -2.15. The van der Waals surface area contributed by atoms with Gasteiger partial charge in [-0.3, -0.25) is 4.79 Å². The molecule has 0 saturated carbocycles. The van der Waals surface area contributed by atoms with Crippen molar-refractivity contribution in [3.8, 4) is 11.4 Å². The second kappa shape index (κ2) is 7.63. The summed E-state index contributed by atoms with van der Waals surface area (Å²) in [7, 11) is 1.94. The van der Waals surface area contributed by atoms with Gasteiger partial charge < -0.3 is 9.88 Å². The number of aryl methyl sites for hydroxylation is 2. The van der Waals surface area contributed by atoms with Crippen molar-refractivity contribution in [2.24, 2.45) is 7.05 Å². The lowest BCUT2D eigenvalue weighted by molar-refractivity contribution is -0.113. The van der Waals surface area contributed by atoms with Crippen LogP contribution in [-0.2, 0) is 11.8 Å². The number of thiophene rings is 1. The molecule has 3 rings (SSSR count). The first kappa shape index (κ1) is 18.7. The van der Waals surface area contributed by atoms with Crippen molar-refractivity contribution in [3.63, 3.8) is 0 Å². The lowest BCUT2D eigenvalue weighted by atomic mass is 10.1. The molecule has 7 heteroatoms. The van der Waals surface area contributed by atoms with Crippen LogP contribution in [0.25, 0.3) is 11.4 Å². The summed E-state index contributed by atoms with van der Waals surface area (Å²) >= 11 is 3.11. The van der Waals surface area contributed by atoms with E-state index >= 15 is 0 Å². The molecule has 3 aromatic rings. The van der Waals surface area contributed by atoms with Gasteiger partial charge in [-0.1, -0.05) is 23.9 Å². The highest BCUT2D eigenvalue weighted by atomic mass is 32.2. The van der Waals surface area contributed by atoms with Crippen LogP contribution in [0.2, 0.25) is 0 Å². The first-order valence-electron chi connectivity index (χ1n) is 8.31. The van der Waals surface area contributed by atoms with E-state index in [1.54, 1.807) is 11.3 Å². The summed E-state index contributed by atoms with van der Waals surface area (Å²) in [6, 6.07) is 5.91. The number of hydrogen-bond donors (Lipinski definition) is 1. The highest BCUT2D eigenvalue weighted by molar-refractivity contribution is 7.99. The van der Waals surface area contributed by atoms with E-state index < -0.39 is 0 Å². The fraction of sp³-hybridized carbons (Fsp3) is 0.316. The van der Waals surface area contributed by atoms with Gasteiger partial charge in [-0.2, -0.15) is 0 Å². The van der Waals surface area contributed by atoms with Crippen LogP contribution in [0.4, 0.5) is 5.69 Å². The topological polar surface area (TPSA) is 59.8 Å². The molecule has 2 aromatic heterocycles. The summed E-state index contributed by atoms with van der Waals surface area (Å²) in [5, 5.41) is 14.4. The number of nitrogens with one attached hydrogen (secondary N) is 1. The van der Waals surface area contributed by atoms with Crippen LogP contribution in [0.1, 0.15) is 21.6 Å². The molecule has 1 aromatic carbocycles. The normalized spacial score (nSPS) is 11.0. The summed E-state index contributed by atoms with van der Waals surface area (Å²) in [5.74, 6) is 1.08. The average Bonchev–Trinajstić information content (AvgIpc) is 3.13. The highest BCUT2D eigenvalue weighted by Gasteiger charge is 2.16. The molecular formula is C19H22N4OS2. The summed E-state index contributed by atoms with van der Waals surface area (Å²) in [6.45, 7) is 8.25. The third-order valence-corrected chi connectivity index (χ3v) is 6.61. The van der Waals surface area contributed by atoms with Crippen molar-refractivity contribution in [2.75, 3.05) is 11.1 Å². The molecule has 0 aliphatic rings. The molecule has 1 amide bonds. The summed E-state index contributed by atoms with van der Waals surface area (Å²) < 4.78 is 1.95. The molecular weight excluding hydrogens is 364 g/mol. The molecule has 0 bridgehead atoms. The van der Waals surface area contributed by atoms with Gasteiger partial charge in [-0.05, 0) is 50.5 Å². The van der Waals surface area contributed by atoms with Gasteiger partial charge in [0.1, 0.15) is 0 Å². The van der Waals surface area contributed by atoms with Gasteiger partial charge >= 0.3 is 0 Å². The molecule has 0 saturated heterocycles. The molecule has 2 heterocycles. The molecule has 136 valence electrons. The molecule has 0 fully saturated rings. The predicted molar refractivity (Wildman–Crippen MR) is 109 cm³/mol. The Morgan fingerprint density at radius 1 is 1.19 bits per heavy atom. The smallest absolute Gasteiger partial charge is 0.234 e. The largest absolute Gasteiger partial charge is 0.325 e. The average molecular weight is 387 g/mol. The van der Waals surface area contributed by atoms with Crippen LogP contribution in [0, 0.1) is 27.7 Å². The van der Waals surface area contributed by atoms with Gasteiger partial charge in [-0.15, -0.1) is 21.5 Å². The minimum absolute atomic E-state index is 0.0455. The van der Waals surface area contributed by atoms with Gasteiger partial charge in [0.25, 0.3) is 0 Å². The Hall–Kier alpha value is -2.12. The Morgan fingerprint density at radius 3 is 2.65 bits per heavy atom. The number of carbonyl (C=O) groups is 1. The molecule has 0 atom stereocenters. The van der Waals surface area contributed by atoms with E-state index in [4.69, 9.17) is 0 Å². The quantitative estimate of drug-likeness (QED) is 0.656. The number of nitrogens with zero attached hydrogens (tertiary/aromatic N) is 3. The van der Waals surface area contributed by atoms with Crippen LogP contribution in [0.3, 0.4) is 0 Å². The van der Waals surface area contributed by atoms with Gasteiger partial charge in [0.15, 0.2) is 11.0 Å². The predicted octanol–water partition coefficient (Wildman–Crippen LogP) is 4.51. The van der Waals surface area contributed by atoms with Gasteiger partial charge in [0.05, 0.1) is 5.75 Å². The summed E-state index contributed by atoms with van der Waals surface area (Å²) in [4.78, 5) is 13.6. The number of aromatic nitrogens is 3. The summed E-state index contributed by atoms with van der Waals surface area (Å²) in [5.41, 5.74) is 5.45. The Labute approximate surface area is 161 Å². The highest BCUT2D eigenvalue weighted by Crippen LogP contribution is 2.30. The van der Waals surface area contributed by atoms with Crippen molar-refractivity contribution in [2.45, 2.75) is 32.9 Å². The van der Waals surface area contributed by atoms with Crippen LogP contribution in [-0.4, -0.2) is 26.4 Å². The fourth-order valence-corrected chi connectivity index (χ4v) is 4.19. The number of benzene rings is 1. The molecule has 0 aliphatic heterocycles. The number of rotatable bonds is 5. The van der Waals surface area contributed by atoms with Crippen LogP contribution in [0.15, 0.2) is 28.7 Å². The van der Waals surface area contributed by atoms with Crippen LogP contribution < -0.4 is 5.32 Å². The standard InChI is InChI=1S/C19H22N4OS2/c1-11-7-6-8-16(12(11)2)20-17(24)10-26-19-22-21-18(23(19)5)15-9-25-14(4)13(15)3/h6-9H,10H2,1-5H3,(H,20,24). The molecule has 0 spiro atoms. The number of hydrogen-bond acceptors (Lipinski definition) is 5. The maximum Gasteiger partial charge on any atom is 0.234 e. The molecule has 26 heavy (non-hydrogen) atoms. The van der Waals surface area contributed by atoms with Crippen molar-refractivity contribution in [1.82, 2.24) is 14.8 Å². The molecule has 0 aliphatic carbocycles. The molecule has 0 unspecified atom stereocenters. The maximum absolute atomic E-state index is 12.3. The second-order valence-corrected chi connectivity index (χ2v) is 8.31. The minimum Gasteiger partial charge on any atom is -0.325 e. The van der Waals surface area contributed by atoms with E-state index in [0.717, 1.165) is 33.4 Å². The van der Waals surface area contributed by atoms with Crippen molar-refractivity contribution < 1.29 is 4.79 Å². The monoisotopic (exact) mass is 386 g/mol. The first-order valence-corrected chi connectivity index (χ1v) is 10.2. The minimum atomic E-state index is -0.0455. The first-order chi connectivity index (χ1) is 12.4. The molecule has 1 N–H and O–H groups in total. The van der Waals surface area contributed by atoms with E-state index in [2.05, 4.69) is 34.7 Å². The Kier molecular flexibility index (Phi) is 5.48. The number of thioether (sulfide) groups is 1. The third kappa shape index (κ3) is 3.68. The SMILES string of the molecule is Cc1cccc(NC(=O)CSc2nnc(-c3csc(C)c3C)n2C)c1C. The molecule has 0 radical (unpaired) electrons. The van der Waals surface area contributed by atoms with Gasteiger partial charge in [0, 0.05) is 28.6 Å². The lowest BCUT2D eigenvalue weighted by Gasteiger charge is -2.10. The van der Waals surface area contributed by atoms with E-state index in [9.17, 15) is 4.79 Å². The number of amides is 1. The number of anilines is 1. The van der Waals surface area contributed by atoms with Crippen molar-refractivity contribution in [1.29, 1.82) is 0 Å². The third-order valence-electron chi connectivity index (χ3n) is 4.57. The number of carbonyl (C=O) groups excluding carboxylic acids is 1. The Bertz CT molecular complexity index is 959. The second-order valence-electron chi connectivity index (χ2n) is 6.28. The zero-order chi connectivity index (χ0) is 18.8. The van der Waals surface area contributed by atoms with Crippen LogP contribution >= 0.6 is 23.1 Å². The molecule has 5 nitrogen and oxygen atoms in total. The fourth-order valence-electron chi connectivity index (χ4n) is 2.61. The Balaban J connectivity index is 1.68. The van der Waals surface area contributed by atoms with E-state index in [0.29, 0.717) is 5.75 Å². The van der Waals surface area contributed by atoms with E-state index in [1.807, 2.05) is 43.7 Å². The van der Waals surface area contributed by atoms with E-state index in [-0.39, 0.29) is 5.91 Å². The van der Waals surface area contributed by atoms with Crippen LogP contribution in [0.5, 0.6) is 0 Å². The van der Waals surface area contributed by atoms with E-state index in [1.165, 1.54) is 22.2 Å². The summed E-state index contributed by atoms with van der Waals surface area (Å²) in [6.07, 6.45) is 0. The van der Waals surface area contributed by atoms with Gasteiger partial charge in [0.2, 0.25) is 5.91 Å². The van der Waals surface area contributed by atoms with Gasteiger partial charge in [-0.25, -0.2) is 0 Å². The Morgan fingerprint density at radius 2 is 1.96 bits per heavy atom. The zero-order valence-corrected chi connectivity index (χ0v) is 17.2. The maximum atomic E-state index is 12.3. The van der Waals surface area contributed by atoms with Crippen molar-refractivity contribution in [3.05, 3.63) is 45.1 Å². The zero-order valence-electron chi connectivity index (χ0n) is 15.6. The van der Waals surface area contributed by atoms with Crippen molar-refractivity contribution >= 4 is 34.7 Å².